The first kappa shape index (κ1) is 18.4. The Morgan fingerprint density at radius 1 is 0.964 bits per heavy atom. The van der Waals surface area contributed by atoms with Crippen molar-refractivity contribution >= 4 is 6.21 Å². The van der Waals surface area contributed by atoms with Crippen LogP contribution in [-0.4, -0.2) is 59.1 Å². The highest BCUT2D eigenvalue weighted by atomic mass is 15.5. The van der Waals surface area contributed by atoms with Crippen LogP contribution in [0.15, 0.2) is 65.9 Å². The molecule has 0 saturated carbocycles. The van der Waals surface area contributed by atoms with Gasteiger partial charge in [0.05, 0.1) is 12.8 Å². The number of rotatable bonds is 5. The second-order valence-corrected chi connectivity index (χ2v) is 7.48. The number of nitrogens with zero attached hydrogens (tertiary/aromatic N) is 5. The Bertz CT molecular complexity index is 919. The van der Waals surface area contributed by atoms with Gasteiger partial charge in [-0.15, -0.1) is 0 Å². The number of piperazine rings is 1. The summed E-state index contributed by atoms with van der Waals surface area (Å²) in [6, 6.07) is 19.0. The molecule has 0 atom stereocenters. The van der Waals surface area contributed by atoms with Crippen molar-refractivity contribution in [3.63, 3.8) is 0 Å². The third-order valence-electron chi connectivity index (χ3n) is 5.14. The van der Waals surface area contributed by atoms with E-state index in [9.17, 15) is 0 Å². The van der Waals surface area contributed by atoms with E-state index in [4.69, 9.17) is 10.2 Å². The number of hydrogen-bond acceptors (Lipinski definition) is 4. The van der Waals surface area contributed by atoms with E-state index in [-0.39, 0.29) is 0 Å². The van der Waals surface area contributed by atoms with Crippen LogP contribution in [0.2, 0.25) is 0 Å². The third kappa shape index (κ3) is 4.49. The molecule has 0 spiro atoms. The van der Waals surface area contributed by atoms with Crippen molar-refractivity contribution in [1.82, 2.24) is 19.7 Å². The lowest BCUT2D eigenvalue weighted by molar-refractivity contribution is 0.159. The molecule has 0 aliphatic carbocycles. The zero-order valence-electron chi connectivity index (χ0n) is 16.6. The molecule has 0 N–H and O–H groups in total. The van der Waals surface area contributed by atoms with Crippen LogP contribution in [-0.2, 0) is 6.54 Å². The lowest BCUT2D eigenvalue weighted by Crippen LogP contribution is -2.41. The molecule has 2 heterocycles. The van der Waals surface area contributed by atoms with Gasteiger partial charge in [0, 0.05) is 43.5 Å². The molecule has 0 bridgehead atoms. The smallest absolute Gasteiger partial charge is 0.101 e. The predicted molar refractivity (Wildman–Crippen MR) is 115 cm³/mol. The van der Waals surface area contributed by atoms with E-state index >= 15 is 0 Å². The average Bonchev–Trinajstić information content (AvgIpc) is 3.11. The summed E-state index contributed by atoms with van der Waals surface area (Å²) in [6.07, 6.45) is 4.07. The van der Waals surface area contributed by atoms with E-state index in [1.54, 1.807) is 0 Å². The molecule has 1 aromatic heterocycles. The summed E-state index contributed by atoms with van der Waals surface area (Å²) in [7, 11) is 2.16. The number of aromatic nitrogens is 2. The second kappa shape index (κ2) is 8.40. The highest BCUT2D eigenvalue weighted by Gasteiger charge is 2.13. The number of likely N-dealkylation sites (N-methyl/N-ethyl adjacent to an activating group) is 1. The quantitative estimate of drug-likeness (QED) is 0.643. The van der Waals surface area contributed by atoms with Crippen LogP contribution in [0.4, 0.5) is 0 Å². The molecule has 1 fully saturated rings. The van der Waals surface area contributed by atoms with Crippen LogP contribution in [0.1, 0.15) is 16.7 Å². The maximum Gasteiger partial charge on any atom is 0.101 e. The molecule has 2 aromatic carbocycles. The van der Waals surface area contributed by atoms with Gasteiger partial charge in [-0.05, 0) is 19.5 Å². The summed E-state index contributed by atoms with van der Waals surface area (Å²) in [6.45, 7) is 6.89. The molecule has 1 aliphatic rings. The molecule has 5 heteroatoms. The fourth-order valence-corrected chi connectivity index (χ4v) is 3.37. The van der Waals surface area contributed by atoms with Crippen molar-refractivity contribution in [2.45, 2.75) is 13.5 Å². The fourth-order valence-electron chi connectivity index (χ4n) is 3.37. The molecule has 0 radical (unpaired) electrons. The minimum atomic E-state index is 0.752. The lowest BCUT2D eigenvalue weighted by atomic mass is 10.1. The Hall–Kier alpha value is -2.92. The Kier molecular flexibility index (Phi) is 5.53. The van der Waals surface area contributed by atoms with E-state index in [2.05, 4.69) is 78.6 Å². The second-order valence-electron chi connectivity index (χ2n) is 7.48. The van der Waals surface area contributed by atoms with Crippen LogP contribution in [0.3, 0.4) is 0 Å². The SMILES string of the molecule is Cc1ccc(-c2nn(Cc3ccccc3)cc2/C=N\N2CCN(C)CC2)cc1. The van der Waals surface area contributed by atoms with Crippen molar-refractivity contribution in [3.8, 4) is 11.3 Å². The maximum absolute atomic E-state index is 4.88. The fraction of sp³-hybridized carbons (Fsp3) is 0.304. The van der Waals surface area contributed by atoms with Crippen LogP contribution < -0.4 is 0 Å². The van der Waals surface area contributed by atoms with Crippen molar-refractivity contribution in [2.24, 2.45) is 5.10 Å². The Morgan fingerprint density at radius 3 is 2.39 bits per heavy atom. The standard InChI is InChI=1S/C23H27N5/c1-19-8-10-21(11-9-19)23-22(16-24-27-14-12-26(2)13-15-27)18-28(25-23)17-20-6-4-3-5-7-20/h3-11,16,18H,12-15,17H2,1-2H3/b24-16-. The molecule has 144 valence electrons. The van der Waals surface area contributed by atoms with Gasteiger partial charge in [-0.25, -0.2) is 0 Å². The van der Waals surface area contributed by atoms with Crippen LogP contribution in [0.5, 0.6) is 0 Å². The number of aryl methyl sites for hydroxylation is 1. The predicted octanol–water partition coefficient (Wildman–Crippen LogP) is 3.49. The van der Waals surface area contributed by atoms with Gasteiger partial charge in [0.25, 0.3) is 0 Å². The average molecular weight is 374 g/mol. The summed E-state index contributed by atoms with van der Waals surface area (Å²) < 4.78 is 2.01. The monoisotopic (exact) mass is 373 g/mol. The molecular weight excluding hydrogens is 346 g/mol. The van der Waals surface area contributed by atoms with Crippen molar-refractivity contribution in [1.29, 1.82) is 0 Å². The van der Waals surface area contributed by atoms with Gasteiger partial charge >= 0.3 is 0 Å². The van der Waals surface area contributed by atoms with Gasteiger partial charge in [-0.1, -0.05) is 60.2 Å². The molecular formula is C23H27N5. The molecule has 28 heavy (non-hydrogen) atoms. The van der Waals surface area contributed by atoms with Crippen molar-refractivity contribution in [2.75, 3.05) is 33.2 Å². The van der Waals surface area contributed by atoms with Gasteiger partial charge < -0.3 is 4.90 Å². The molecule has 3 aromatic rings. The molecule has 5 nitrogen and oxygen atoms in total. The topological polar surface area (TPSA) is 36.7 Å². The minimum Gasteiger partial charge on any atom is -0.303 e. The minimum absolute atomic E-state index is 0.752. The largest absolute Gasteiger partial charge is 0.303 e. The summed E-state index contributed by atoms with van der Waals surface area (Å²) in [5, 5.41) is 11.8. The van der Waals surface area contributed by atoms with E-state index in [0.717, 1.165) is 49.5 Å². The van der Waals surface area contributed by atoms with Gasteiger partial charge in [0.1, 0.15) is 5.69 Å². The number of hydrazone groups is 1. The first-order chi connectivity index (χ1) is 13.7. The number of hydrogen-bond donors (Lipinski definition) is 0. The zero-order valence-corrected chi connectivity index (χ0v) is 16.6. The van der Waals surface area contributed by atoms with E-state index in [0.29, 0.717) is 0 Å². The normalized spacial score (nSPS) is 15.4. The Morgan fingerprint density at radius 2 is 1.68 bits per heavy atom. The molecule has 1 aliphatic heterocycles. The van der Waals surface area contributed by atoms with Crippen LogP contribution in [0.25, 0.3) is 11.3 Å². The van der Waals surface area contributed by atoms with Crippen molar-refractivity contribution < 1.29 is 0 Å². The number of benzene rings is 2. The summed E-state index contributed by atoms with van der Waals surface area (Å²) in [5.41, 5.74) is 5.65. The van der Waals surface area contributed by atoms with Crippen LogP contribution in [0, 0.1) is 6.92 Å². The summed E-state index contributed by atoms with van der Waals surface area (Å²) in [4.78, 5) is 2.33. The van der Waals surface area contributed by atoms with Crippen molar-refractivity contribution in [3.05, 3.63) is 77.5 Å². The molecule has 0 unspecified atom stereocenters. The van der Waals surface area contributed by atoms with Gasteiger partial charge in [-0.2, -0.15) is 10.2 Å². The third-order valence-corrected chi connectivity index (χ3v) is 5.14. The highest BCUT2D eigenvalue weighted by Crippen LogP contribution is 2.22. The summed E-state index contributed by atoms with van der Waals surface area (Å²) in [5.74, 6) is 0. The first-order valence-electron chi connectivity index (χ1n) is 9.83. The molecule has 4 rings (SSSR count). The highest BCUT2D eigenvalue weighted by molar-refractivity contribution is 5.88. The van der Waals surface area contributed by atoms with E-state index < -0.39 is 0 Å². The van der Waals surface area contributed by atoms with Gasteiger partial charge in [0.15, 0.2) is 0 Å². The zero-order chi connectivity index (χ0) is 19.3. The van der Waals surface area contributed by atoms with Crippen LogP contribution >= 0.6 is 0 Å². The van der Waals surface area contributed by atoms with E-state index in [1.165, 1.54) is 11.1 Å². The first-order valence-corrected chi connectivity index (χ1v) is 9.83. The van der Waals surface area contributed by atoms with Gasteiger partial charge in [-0.3, -0.25) is 9.69 Å². The Balaban J connectivity index is 1.61. The molecule has 0 amide bonds. The summed E-state index contributed by atoms with van der Waals surface area (Å²) >= 11 is 0. The molecule has 1 saturated heterocycles. The van der Waals surface area contributed by atoms with Gasteiger partial charge in [0.2, 0.25) is 0 Å². The van der Waals surface area contributed by atoms with E-state index in [1.807, 2.05) is 17.0 Å². The lowest BCUT2D eigenvalue weighted by Gasteiger charge is -2.30. The maximum atomic E-state index is 4.88. The Labute approximate surface area is 166 Å².